The minimum absolute atomic E-state index is 0.781. The monoisotopic (exact) mass is 253 g/mol. The maximum absolute atomic E-state index is 3.48. The van der Waals surface area contributed by atoms with E-state index in [9.17, 15) is 0 Å². The third-order valence-corrected chi connectivity index (χ3v) is 5.10. The van der Waals surface area contributed by atoms with Gasteiger partial charge in [-0.05, 0) is 38.4 Å². The Balaban J connectivity index is 1.94. The highest BCUT2D eigenvalue weighted by Gasteiger charge is 2.32. The van der Waals surface area contributed by atoms with Gasteiger partial charge in [0.2, 0.25) is 0 Å². The Kier molecular flexibility index (Phi) is 5.46. The Labute approximate surface area is 113 Å². The molecule has 1 N–H and O–H groups in total. The maximum atomic E-state index is 3.48. The molecule has 2 rings (SSSR count). The number of hydrogen-bond acceptors (Lipinski definition) is 3. The van der Waals surface area contributed by atoms with Gasteiger partial charge < -0.3 is 5.32 Å². The summed E-state index contributed by atoms with van der Waals surface area (Å²) in [4.78, 5) is 5.48. The Bertz CT molecular complexity index is 238. The SMILES string of the molecule is CCC(C)C1CN(C2CCNCC2)CCN1CC. The van der Waals surface area contributed by atoms with Crippen molar-refractivity contribution in [1.82, 2.24) is 15.1 Å². The molecule has 0 aromatic rings. The van der Waals surface area contributed by atoms with Gasteiger partial charge in [-0.25, -0.2) is 0 Å². The quantitative estimate of drug-likeness (QED) is 0.824. The molecule has 0 aromatic heterocycles. The molecule has 0 saturated carbocycles. The van der Waals surface area contributed by atoms with Crippen molar-refractivity contribution in [1.29, 1.82) is 0 Å². The molecule has 106 valence electrons. The Morgan fingerprint density at radius 3 is 2.50 bits per heavy atom. The Morgan fingerprint density at radius 2 is 1.89 bits per heavy atom. The molecule has 0 amide bonds. The molecule has 2 unspecified atom stereocenters. The topological polar surface area (TPSA) is 18.5 Å². The molecule has 0 spiro atoms. The summed E-state index contributed by atoms with van der Waals surface area (Å²) in [5, 5.41) is 3.48. The van der Waals surface area contributed by atoms with Crippen LogP contribution in [0.15, 0.2) is 0 Å². The van der Waals surface area contributed by atoms with E-state index in [4.69, 9.17) is 0 Å². The van der Waals surface area contributed by atoms with Crippen molar-refractivity contribution in [3.8, 4) is 0 Å². The highest BCUT2D eigenvalue weighted by atomic mass is 15.3. The van der Waals surface area contributed by atoms with E-state index in [-0.39, 0.29) is 0 Å². The van der Waals surface area contributed by atoms with Crippen molar-refractivity contribution in [2.45, 2.75) is 52.1 Å². The van der Waals surface area contributed by atoms with Gasteiger partial charge in [0.15, 0.2) is 0 Å². The van der Waals surface area contributed by atoms with Crippen LogP contribution in [0.3, 0.4) is 0 Å². The summed E-state index contributed by atoms with van der Waals surface area (Å²) in [5.74, 6) is 0.828. The molecule has 3 nitrogen and oxygen atoms in total. The lowest BCUT2D eigenvalue weighted by Crippen LogP contribution is -2.58. The molecular weight excluding hydrogens is 222 g/mol. The van der Waals surface area contributed by atoms with Crippen molar-refractivity contribution >= 4 is 0 Å². The maximum Gasteiger partial charge on any atom is 0.0249 e. The molecule has 2 aliphatic heterocycles. The number of rotatable bonds is 4. The number of piperazine rings is 1. The molecular formula is C15H31N3. The van der Waals surface area contributed by atoms with Gasteiger partial charge in [0.1, 0.15) is 0 Å². The standard InChI is InChI=1S/C15H31N3/c1-4-13(3)15-12-18(11-10-17(15)5-2)14-6-8-16-9-7-14/h13-16H,4-12H2,1-3H3. The highest BCUT2D eigenvalue weighted by Crippen LogP contribution is 2.23. The first-order valence-corrected chi connectivity index (χ1v) is 7.95. The number of nitrogens with zero attached hydrogens (tertiary/aromatic N) is 2. The molecule has 0 radical (unpaired) electrons. The van der Waals surface area contributed by atoms with E-state index >= 15 is 0 Å². The average Bonchev–Trinajstić information content (AvgIpc) is 2.46. The zero-order valence-corrected chi connectivity index (χ0v) is 12.5. The van der Waals surface area contributed by atoms with Crippen molar-refractivity contribution in [3.05, 3.63) is 0 Å². The van der Waals surface area contributed by atoms with Crippen molar-refractivity contribution < 1.29 is 0 Å². The van der Waals surface area contributed by atoms with Crippen LogP contribution in [0.5, 0.6) is 0 Å². The first-order valence-electron chi connectivity index (χ1n) is 7.95. The third kappa shape index (κ3) is 3.25. The smallest absolute Gasteiger partial charge is 0.0249 e. The van der Waals surface area contributed by atoms with Gasteiger partial charge >= 0.3 is 0 Å². The van der Waals surface area contributed by atoms with Gasteiger partial charge in [-0.2, -0.15) is 0 Å². The van der Waals surface area contributed by atoms with E-state index in [0.29, 0.717) is 0 Å². The van der Waals surface area contributed by atoms with Crippen molar-refractivity contribution in [2.75, 3.05) is 39.3 Å². The predicted octanol–water partition coefficient (Wildman–Crippen LogP) is 1.79. The number of hydrogen-bond donors (Lipinski definition) is 1. The van der Waals surface area contributed by atoms with E-state index in [1.165, 1.54) is 58.5 Å². The van der Waals surface area contributed by atoms with Gasteiger partial charge in [0.25, 0.3) is 0 Å². The molecule has 0 aliphatic carbocycles. The summed E-state index contributed by atoms with van der Waals surface area (Å²) in [7, 11) is 0. The van der Waals surface area contributed by atoms with E-state index in [1.807, 2.05) is 0 Å². The molecule has 2 aliphatic rings. The third-order valence-electron chi connectivity index (χ3n) is 5.10. The molecule has 3 heteroatoms. The zero-order chi connectivity index (χ0) is 13.0. The normalized spacial score (nSPS) is 30.5. The van der Waals surface area contributed by atoms with Gasteiger partial charge in [-0.3, -0.25) is 9.80 Å². The van der Waals surface area contributed by atoms with E-state index in [1.54, 1.807) is 0 Å². The van der Waals surface area contributed by atoms with Crippen molar-refractivity contribution in [3.63, 3.8) is 0 Å². The zero-order valence-electron chi connectivity index (χ0n) is 12.5. The van der Waals surface area contributed by atoms with Crippen LogP contribution in [0.2, 0.25) is 0 Å². The van der Waals surface area contributed by atoms with Gasteiger partial charge in [-0.1, -0.05) is 27.2 Å². The number of likely N-dealkylation sites (N-methyl/N-ethyl adjacent to an activating group) is 1. The minimum Gasteiger partial charge on any atom is -0.317 e. The van der Waals surface area contributed by atoms with Crippen molar-refractivity contribution in [2.24, 2.45) is 5.92 Å². The van der Waals surface area contributed by atoms with Crippen LogP contribution in [-0.4, -0.2) is 61.2 Å². The lowest BCUT2D eigenvalue weighted by atomic mass is 9.93. The molecule has 2 saturated heterocycles. The fourth-order valence-electron chi connectivity index (χ4n) is 3.58. The predicted molar refractivity (Wildman–Crippen MR) is 78.0 cm³/mol. The summed E-state index contributed by atoms with van der Waals surface area (Å²) in [5.41, 5.74) is 0. The first kappa shape index (κ1) is 14.3. The van der Waals surface area contributed by atoms with E-state index in [0.717, 1.165) is 18.0 Å². The number of piperidine rings is 1. The summed E-state index contributed by atoms with van der Waals surface area (Å²) >= 11 is 0. The minimum atomic E-state index is 0.781. The van der Waals surface area contributed by atoms with Crippen LogP contribution in [0.4, 0.5) is 0 Å². The van der Waals surface area contributed by atoms with Gasteiger partial charge in [0.05, 0.1) is 0 Å². The average molecular weight is 253 g/mol. The second-order valence-electron chi connectivity index (χ2n) is 6.06. The molecule has 18 heavy (non-hydrogen) atoms. The molecule has 2 atom stereocenters. The van der Waals surface area contributed by atoms with Crippen LogP contribution < -0.4 is 5.32 Å². The summed E-state index contributed by atoms with van der Waals surface area (Å²) in [6.45, 7) is 14.6. The van der Waals surface area contributed by atoms with Crippen LogP contribution >= 0.6 is 0 Å². The van der Waals surface area contributed by atoms with Crippen LogP contribution in [0.25, 0.3) is 0 Å². The van der Waals surface area contributed by atoms with Crippen LogP contribution in [0.1, 0.15) is 40.0 Å². The Hall–Kier alpha value is -0.120. The second-order valence-corrected chi connectivity index (χ2v) is 6.06. The summed E-state index contributed by atoms with van der Waals surface area (Å²) < 4.78 is 0. The fraction of sp³-hybridized carbons (Fsp3) is 1.00. The van der Waals surface area contributed by atoms with E-state index in [2.05, 4.69) is 35.9 Å². The number of nitrogens with one attached hydrogen (secondary N) is 1. The molecule has 2 heterocycles. The highest BCUT2D eigenvalue weighted by molar-refractivity contribution is 4.89. The van der Waals surface area contributed by atoms with Gasteiger partial charge in [0, 0.05) is 31.7 Å². The first-order chi connectivity index (χ1) is 8.76. The summed E-state index contributed by atoms with van der Waals surface area (Å²) in [6.07, 6.45) is 4.00. The summed E-state index contributed by atoms with van der Waals surface area (Å²) in [6, 6.07) is 1.63. The molecule has 0 bridgehead atoms. The largest absolute Gasteiger partial charge is 0.317 e. The second kappa shape index (κ2) is 6.88. The fourth-order valence-corrected chi connectivity index (χ4v) is 3.58. The van der Waals surface area contributed by atoms with Crippen LogP contribution in [-0.2, 0) is 0 Å². The van der Waals surface area contributed by atoms with Gasteiger partial charge in [-0.15, -0.1) is 0 Å². The lowest BCUT2D eigenvalue weighted by Gasteiger charge is -2.47. The molecule has 2 fully saturated rings. The lowest BCUT2D eigenvalue weighted by molar-refractivity contribution is 0.0189. The van der Waals surface area contributed by atoms with Crippen LogP contribution in [0, 0.1) is 5.92 Å². The molecule has 0 aromatic carbocycles. The van der Waals surface area contributed by atoms with E-state index < -0.39 is 0 Å². The Morgan fingerprint density at radius 1 is 1.17 bits per heavy atom.